The quantitative estimate of drug-likeness (QED) is 0.484. The summed E-state index contributed by atoms with van der Waals surface area (Å²) < 4.78 is 17.1. The van der Waals surface area contributed by atoms with E-state index in [9.17, 15) is 0 Å². The van der Waals surface area contributed by atoms with Gasteiger partial charge in [0.15, 0.2) is 0 Å². The molecule has 0 aromatic carbocycles. The summed E-state index contributed by atoms with van der Waals surface area (Å²) in [5, 5.41) is 0. The molecule has 3 heteroatoms. The van der Waals surface area contributed by atoms with Crippen molar-refractivity contribution in [2.24, 2.45) is 0 Å². The predicted octanol–water partition coefficient (Wildman–Crippen LogP) is 2.94. The normalized spacial score (nSPS) is 32.9. The maximum absolute atomic E-state index is 6.02. The highest BCUT2D eigenvalue weighted by Crippen LogP contribution is 2.30. The Kier molecular flexibility index (Phi) is 6.78. The average molecular weight is 242 g/mol. The molecule has 1 fully saturated rings. The molecule has 0 radical (unpaired) electrons. The molecule has 0 N–H and O–H groups in total. The minimum Gasteiger partial charge on any atom is -0.376 e. The summed E-state index contributed by atoms with van der Waals surface area (Å²) in [6, 6.07) is 0. The van der Waals surface area contributed by atoms with Crippen molar-refractivity contribution >= 4 is 0 Å². The maximum atomic E-state index is 6.02. The van der Waals surface area contributed by atoms with E-state index < -0.39 is 0 Å². The van der Waals surface area contributed by atoms with Gasteiger partial charge in [-0.1, -0.05) is 19.4 Å². The molecule has 1 aliphatic rings. The van der Waals surface area contributed by atoms with Crippen LogP contribution in [0.1, 0.15) is 39.0 Å². The van der Waals surface area contributed by atoms with Gasteiger partial charge in [-0.3, -0.25) is 0 Å². The molecule has 0 aromatic rings. The van der Waals surface area contributed by atoms with Gasteiger partial charge in [0.1, 0.15) is 12.2 Å². The second kappa shape index (κ2) is 7.85. The Morgan fingerprint density at radius 3 is 2.29 bits per heavy atom. The van der Waals surface area contributed by atoms with Gasteiger partial charge in [0.2, 0.25) is 0 Å². The third-order valence-corrected chi connectivity index (χ3v) is 3.50. The Labute approximate surface area is 105 Å². The summed E-state index contributed by atoms with van der Waals surface area (Å²) in [7, 11) is 3.48. The van der Waals surface area contributed by atoms with Crippen LogP contribution in [-0.2, 0) is 14.2 Å². The van der Waals surface area contributed by atoms with Crippen molar-refractivity contribution in [2.45, 2.75) is 63.4 Å². The van der Waals surface area contributed by atoms with Crippen LogP contribution in [0.2, 0.25) is 0 Å². The van der Waals surface area contributed by atoms with E-state index in [4.69, 9.17) is 14.2 Å². The number of methoxy groups -OCH3 is 2. The highest BCUT2D eigenvalue weighted by molar-refractivity contribution is 4.92. The molecule has 1 aliphatic heterocycles. The van der Waals surface area contributed by atoms with Gasteiger partial charge in [-0.05, 0) is 25.7 Å². The zero-order chi connectivity index (χ0) is 12.7. The molecule has 0 spiro atoms. The van der Waals surface area contributed by atoms with E-state index in [1.54, 1.807) is 14.2 Å². The van der Waals surface area contributed by atoms with Crippen LogP contribution >= 0.6 is 0 Å². The molecule has 100 valence electrons. The van der Waals surface area contributed by atoms with Crippen molar-refractivity contribution in [3.05, 3.63) is 12.7 Å². The van der Waals surface area contributed by atoms with Gasteiger partial charge in [-0.2, -0.15) is 0 Å². The molecule has 1 rings (SSSR count). The maximum Gasteiger partial charge on any atom is 0.112 e. The Balaban J connectivity index is 2.45. The fourth-order valence-electron chi connectivity index (χ4n) is 2.57. The van der Waals surface area contributed by atoms with Gasteiger partial charge in [0, 0.05) is 14.2 Å². The number of hydrogen-bond donors (Lipinski definition) is 0. The molecule has 0 aliphatic carbocycles. The number of unbranched alkanes of at least 4 members (excludes halogenated alkanes) is 2. The zero-order valence-electron chi connectivity index (χ0n) is 11.4. The largest absolute Gasteiger partial charge is 0.376 e. The lowest BCUT2D eigenvalue weighted by Crippen LogP contribution is -2.35. The standard InChI is InChI=1S/C14H26O3/c1-5-7-8-9-10-12-14(16-4)13(15-3)11(6-2)17-12/h5,11-14H,1,6-10H2,2-4H3/t11-,12+,13-,14+/m1/s1. The third-order valence-electron chi connectivity index (χ3n) is 3.50. The highest BCUT2D eigenvalue weighted by atomic mass is 16.6. The van der Waals surface area contributed by atoms with Crippen molar-refractivity contribution < 1.29 is 14.2 Å². The lowest BCUT2D eigenvalue weighted by atomic mass is 10.0. The lowest BCUT2D eigenvalue weighted by Gasteiger charge is -2.21. The van der Waals surface area contributed by atoms with E-state index in [1.165, 1.54) is 6.42 Å². The van der Waals surface area contributed by atoms with Gasteiger partial charge in [-0.15, -0.1) is 6.58 Å². The van der Waals surface area contributed by atoms with Crippen LogP contribution in [0.4, 0.5) is 0 Å². The van der Waals surface area contributed by atoms with E-state index in [2.05, 4.69) is 13.5 Å². The van der Waals surface area contributed by atoms with Crippen LogP contribution in [0, 0.1) is 0 Å². The summed E-state index contributed by atoms with van der Waals surface area (Å²) >= 11 is 0. The average Bonchev–Trinajstić information content (AvgIpc) is 2.71. The van der Waals surface area contributed by atoms with Crippen LogP contribution in [0.15, 0.2) is 12.7 Å². The summed E-state index contributed by atoms with van der Waals surface area (Å²) in [5.41, 5.74) is 0. The van der Waals surface area contributed by atoms with Crippen LogP contribution in [0.5, 0.6) is 0 Å². The molecule has 1 heterocycles. The first kappa shape index (κ1) is 14.7. The van der Waals surface area contributed by atoms with E-state index in [-0.39, 0.29) is 24.4 Å². The molecule has 0 amide bonds. The molecule has 3 nitrogen and oxygen atoms in total. The van der Waals surface area contributed by atoms with Crippen molar-refractivity contribution in [3.63, 3.8) is 0 Å². The molecule has 0 aromatic heterocycles. The first-order chi connectivity index (χ1) is 8.28. The Hall–Kier alpha value is -0.380. The molecule has 0 unspecified atom stereocenters. The van der Waals surface area contributed by atoms with Gasteiger partial charge >= 0.3 is 0 Å². The highest BCUT2D eigenvalue weighted by Gasteiger charge is 2.43. The molecular formula is C14H26O3. The van der Waals surface area contributed by atoms with E-state index in [0.717, 1.165) is 25.7 Å². The van der Waals surface area contributed by atoms with Gasteiger partial charge in [0.25, 0.3) is 0 Å². The number of hydrogen-bond acceptors (Lipinski definition) is 3. The van der Waals surface area contributed by atoms with Crippen LogP contribution < -0.4 is 0 Å². The summed E-state index contributed by atoms with van der Waals surface area (Å²) in [6.45, 7) is 5.86. The molecular weight excluding hydrogens is 216 g/mol. The Bertz CT molecular complexity index is 218. The third kappa shape index (κ3) is 3.80. The van der Waals surface area contributed by atoms with Crippen LogP contribution in [0.3, 0.4) is 0 Å². The minimum atomic E-state index is 0.0775. The summed E-state index contributed by atoms with van der Waals surface area (Å²) in [5.74, 6) is 0. The smallest absolute Gasteiger partial charge is 0.112 e. The summed E-state index contributed by atoms with van der Waals surface area (Å²) in [6.07, 6.45) is 7.91. The van der Waals surface area contributed by atoms with Gasteiger partial charge in [0.05, 0.1) is 12.2 Å². The number of rotatable bonds is 8. The fourth-order valence-corrected chi connectivity index (χ4v) is 2.57. The van der Waals surface area contributed by atoms with Crippen molar-refractivity contribution in [3.8, 4) is 0 Å². The lowest BCUT2D eigenvalue weighted by molar-refractivity contribution is -0.0293. The second-order valence-electron chi connectivity index (χ2n) is 4.60. The van der Waals surface area contributed by atoms with Gasteiger partial charge in [-0.25, -0.2) is 0 Å². The zero-order valence-corrected chi connectivity index (χ0v) is 11.4. The molecule has 0 saturated carbocycles. The predicted molar refractivity (Wildman–Crippen MR) is 69.2 cm³/mol. The van der Waals surface area contributed by atoms with E-state index >= 15 is 0 Å². The van der Waals surface area contributed by atoms with Crippen molar-refractivity contribution in [1.82, 2.24) is 0 Å². The Morgan fingerprint density at radius 2 is 1.76 bits per heavy atom. The SMILES string of the molecule is C=CCCCC[C@@H]1O[C@H](CC)[C@@H](OC)[C@H]1OC. The van der Waals surface area contributed by atoms with Gasteiger partial charge < -0.3 is 14.2 Å². The Morgan fingerprint density at radius 1 is 1.12 bits per heavy atom. The topological polar surface area (TPSA) is 27.7 Å². The monoisotopic (exact) mass is 242 g/mol. The van der Waals surface area contributed by atoms with Crippen molar-refractivity contribution in [1.29, 1.82) is 0 Å². The van der Waals surface area contributed by atoms with Crippen molar-refractivity contribution in [2.75, 3.05) is 14.2 Å². The van der Waals surface area contributed by atoms with E-state index in [1.807, 2.05) is 6.08 Å². The number of allylic oxidation sites excluding steroid dienone is 1. The molecule has 1 saturated heterocycles. The second-order valence-corrected chi connectivity index (χ2v) is 4.60. The first-order valence-corrected chi connectivity index (χ1v) is 6.60. The first-order valence-electron chi connectivity index (χ1n) is 6.60. The van der Waals surface area contributed by atoms with E-state index in [0.29, 0.717) is 0 Å². The number of ether oxygens (including phenoxy) is 3. The van der Waals surface area contributed by atoms with Crippen LogP contribution in [-0.4, -0.2) is 38.6 Å². The molecule has 4 atom stereocenters. The van der Waals surface area contributed by atoms with Crippen LogP contribution in [0.25, 0.3) is 0 Å². The minimum absolute atomic E-state index is 0.0775. The fraction of sp³-hybridized carbons (Fsp3) is 0.857. The molecule has 0 bridgehead atoms. The summed E-state index contributed by atoms with van der Waals surface area (Å²) in [4.78, 5) is 0. The molecule has 17 heavy (non-hydrogen) atoms.